The van der Waals surface area contributed by atoms with Crippen LogP contribution in [0.3, 0.4) is 0 Å². The summed E-state index contributed by atoms with van der Waals surface area (Å²) in [4.78, 5) is 0. The van der Waals surface area contributed by atoms with Crippen LogP contribution < -0.4 is 0 Å². The smallest absolute Gasteiger partial charge is 0.126 e. The van der Waals surface area contributed by atoms with Crippen LogP contribution in [0.2, 0.25) is 0 Å². The molecule has 0 spiro atoms. The summed E-state index contributed by atoms with van der Waals surface area (Å²) in [5, 5.41) is 28.3. The second kappa shape index (κ2) is 6.11. The highest BCUT2D eigenvalue weighted by molar-refractivity contribution is 5.52. The third kappa shape index (κ3) is 3.63. The van der Waals surface area contributed by atoms with Crippen molar-refractivity contribution in [2.45, 2.75) is 6.61 Å². The molecule has 4 heteroatoms. The summed E-state index contributed by atoms with van der Waals surface area (Å²) in [7, 11) is 0. The molecule has 0 saturated carbocycles. The molecule has 0 unspecified atom stereocenters. The maximum absolute atomic E-state index is 9.58. The molecule has 0 aromatic heterocycles. The van der Waals surface area contributed by atoms with Crippen molar-refractivity contribution in [2.24, 2.45) is 0 Å². The fraction of sp³-hybridized carbons (Fsp3) is 0.133. The van der Waals surface area contributed by atoms with E-state index in [-0.39, 0.29) is 29.4 Å². The van der Waals surface area contributed by atoms with Crippen LogP contribution >= 0.6 is 0 Å². The zero-order valence-electron chi connectivity index (χ0n) is 10.3. The van der Waals surface area contributed by atoms with E-state index in [1.54, 1.807) is 6.42 Å². The largest absolute Gasteiger partial charge is 0.508 e. The normalized spacial score (nSPS) is 10.5. The SMILES string of the molecule is Oc1cc(O)c([CH]COCc2ccccc2)c(O)c1. The van der Waals surface area contributed by atoms with E-state index in [1.165, 1.54) is 12.1 Å². The van der Waals surface area contributed by atoms with Gasteiger partial charge in [-0.15, -0.1) is 0 Å². The van der Waals surface area contributed by atoms with Crippen LogP contribution in [0.25, 0.3) is 0 Å². The van der Waals surface area contributed by atoms with Crippen molar-refractivity contribution in [1.29, 1.82) is 0 Å². The molecule has 0 aliphatic carbocycles. The van der Waals surface area contributed by atoms with Crippen LogP contribution in [0.1, 0.15) is 11.1 Å². The number of rotatable bonds is 5. The van der Waals surface area contributed by atoms with Gasteiger partial charge in [0, 0.05) is 24.1 Å². The average Bonchev–Trinajstić information content (AvgIpc) is 2.38. The van der Waals surface area contributed by atoms with Gasteiger partial charge < -0.3 is 20.1 Å². The Morgan fingerprint density at radius 1 is 0.947 bits per heavy atom. The Bertz CT molecular complexity index is 514. The Balaban J connectivity index is 1.86. The predicted octanol–water partition coefficient (Wildman–Crippen LogP) is 2.57. The topological polar surface area (TPSA) is 69.9 Å². The molecule has 2 aromatic rings. The first-order valence-electron chi connectivity index (χ1n) is 5.86. The fourth-order valence-electron chi connectivity index (χ4n) is 1.71. The third-order valence-electron chi connectivity index (χ3n) is 2.64. The molecule has 0 bridgehead atoms. The summed E-state index contributed by atoms with van der Waals surface area (Å²) in [6, 6.07) is 12.0. The Hall–Kier alpha value is -2.20. The molecular weight excluding hydrogens is 244 g/mol. The van der Waals surface area contributed by atoms with Gasteiger partial charge in [0.05, 0.1) is 13.2 Å². The lowest BCUT2D eigenvalue weighted by Gasteiger charge is -2.08. The monoisotopic (exact) mass is 259 g/mol. The lowest BCUT2D eigenvalue weighted by Crippen LogP contribution is -1.97. The van der Waals surface area contributed by atoms with Gasteiger partial charge in [-0.1, -0.05) is 30.3 Å². The summed E-state index contributed by atoms with van der Waals surface area (Å²) in [6.07, 6.45) is 1.56. The molecular formula is C15H15O4. The van der Waals surface area contributed by atoms with Crippen molar-refractivity contribution < 1.29 is 20.1 Å². The molecule has 2 rings (SSSR count). The summed E-state index contributed by atoms with van der Waals surface area (Å²) in [5.41, 5.74) is 1.31. The second-order valence-corrected chi connectivity index (χ2v) is 4.10. The molecule has 0 aliphatic rings. The van der Waals surface area contributed by atoms with Gasteiger partial charge in [-0.2, -0.15) is 0 Å². The van der Waals surface area contributed by atoms with Crippen molar-refractivity contribution in [3.8, 4) is 17.2 Å². The standard InChI is InChI=1S/C15H15O4/c16-12-8-14(17)13(15(18)9-12)6-7-19-10-11-4-2-1-3-5-11/h1-6,8-9,16-18H,7,10H2. The van der Waals surface area contributed by atoms with Gasteiger partial charge in [0.1, 0.15) is 17.2 Å². The van der Waals surface area contributed by atoms with E-state index in [0.29, 0.717) is 6.61 Å². The van der Waals surface area contributed by atoms with E-state index >= 15 is 0 Å². The van der Waals surface area contributed by atoms with E-state index in [9.17, 15) is 15.3 Å². The first-order chi connectivity index (χ1) is 9.16. The molecule has 4 nitrogen and oxygen atoms in total. The van der Waals surface area contributed by atoms with Crippen LogP contribution in [0.5, 0.6) is 17.2 Å². The number of hydrogen-bond acceptors (Lipinski definition) is 4. The highest BCUT2D eigenvalue weighted by atomic mass is 16.5. The van der Waals surface area contributed by atoms with E-state index in [0.717, 1.165) is 5.56 Å². The van der Waals surface area contributed by atoms with Crippen LogP contribution in [0.4, 0.5) is 0 Å². The van der Waals surface area contributed by atoms with Gasteiger partial charge in [0.15, 0.2) is 0 Å². The van der Waals surface area contributed by atoms with Gasteiger partial charge in [-0.25, -0.2) is 0 Å². The van der Waals surface area contributed by atoms with Crippen LogP contribution in [0, 0.1) is 6.42 Å². The molecule has 99 valence electrons. The van der Waals surface area contributed by atoms with Gasteiger partial charge in [-0.05, 0) is 5.56 Å². The zero-order valence-corrected chi connectivity index (χ0v) is 10.3. The highest BCUT2D eigenvalue weighted by Gasteiger charge is 2.09. The van der Waals surface area contributed by atoms with E-state index in [1.807, 2.05) is 30.3 Å². The van der Waals surface area contributed by atoms with Crippen LogP contribution in [-0.2, 0) is 11.3 Å². The predicted molar refractivity (Wildman–Crippen MR) is 70.9 cm³/mol. The summed E-state index contributed by atoms with van der Waals surface area (Å²) < 4.78 is 5.42. The zero-order chi connectivity index (χ0) is 13.7. The molecule has 0 fully saturated rings. The van der Waals surface area contributed by atoms with Crippen molar-refractivity contribution in [2.75, 3.05) is 6.61 Å². The molecule has 1 radical (unpaired) electrons. The average molecular weight is 259 g/mol. The molecule has 2 aromatic carbocycles. The Kier molecular flexibility index (Phi) is 4.26. The van der Waals surface area contributed by atoms with Gasteiger partial charge in [-0.3, -0.25) is 0 Å². The molecule has 0 amide bonds. The summed E-state index contributed by atoms with van der Waals surface area (Å²) in [6.45, 7) is 0.706. The second-order valence-electron chi connectivity index (χ2n) is 4.10. The first kappa shape index (κ1) is 13.2. The third-order valence-corrected chi connectivity index (χ3v) is 2.64. The summed E-state index contributed by atoms with van der Waals surface area (Å²) >= 11 is 0. The Morgan fingerprint density at radius 2 is 1.58 bits per heavy atom. The van der Waals surface area contributed by atoms with Crippen molar-refractivity contribution in [3.05, 3.63) is 60.0 Å². The number of benzene rings is 2. The minimum atomic E-state index is -0.183. The number of hydrogen-bond donors (Lipinski definition) is 3. The molecule has 0 heterocycles. The van der Waals surface area contributed by atoms with Crippen molar-refractivity contribution in [3.63, 3.8) is 0 Å². The highest BCUT2D eigenvalue weighted by Crippen LogP contribution is 2.32. The van der Waals surface area contributed by atoms with Gasteiger partial charge >= 0.3 is 0 Å². The fourth-order valence-corrected chi connectivity index (χ4v) is 1.71. The maximum atomic E-state index is 9.58. The number of ether oxygens (including phenoxy) is 1. The number of phenols is 3. The van der Waals surface area contributed by atoms with Crippen molar-refractivity contribution in [1.82, 2.24) is 0 Å². The number of phenolic OH excluding ortho intramolecular Hbond substituents is 3. The van der Waals surface area contributed by atoms with E-state index in [4.69, 9.17) is 4.74 Å². The quantitative estimate of drug-likeness (QED) is 0.722. The first-order valence-corrected chi connectivity index (χ1v) is 5.86. The van der Waals surface area contributed by atoms with E-state index < -0.39 is 0 Å². The van der Waals surface area contributed by atoms with Crippen molar-refractivity contribution >= 4 is 0 Å². The van der Waals surface area contributed by atoms with Crippen LogP contribution in [0.15, 0.2) is 42.5 Å². The maximum Gasteiger partial charge on any atom is 0.126 e. The summed E-state index contributed by atoms with van der Waals surface area (Å²) in [5.74, 6) is -0.543. The molecule has 3 N–H and O–H groups in total. The Labute approximate surface area is 111 Å². The lowest BCUT2D eigenvalue weighted by molar-refractivity contribution is 0.141. The minimum absolute atomic E-state index is 0.180. The minimum Gasteiger partial charge on any atom is -0.508 e. The number of aromatic hydroxyl groups is 3. The van der Waals surface area contributed by atoms with E-state index in [2.05, 4.69) is 0 Å². The van der Waals surface area contributed by atoms with Gasteiger partial charge in [0.25, 0.3) is 0 Å². The molecule has 19 heavy (non-hydrogen) atoms. The van der Waals surface area contributed by atoms with Crippen LogP contribution in [-0.4, -0.2) is 21.9 Å². The molecule has 0 saturated heterocycles. The molecule has 0 atom stereocenters. The van der Waals surface area contributed by atoms with Gasteiger partial charge in [0.2, 0.25) is 0 Å². The Morgan fingerprint density at radius 3 is 2.21 bits per heavy atom. The lowest BCUT2D eigenvalue weighted by atomic mass is 10.1. The molecule has 0 aliphatic heterocycles.